The van der Waals surface area contributed by atoms with Gasteiger partial charge >= 0.3 is 17.9 Å². The Morgan fingerprint density at radius 2 is 1.41 bits per heavy atom. The molecule has 238 valence electrons. The van der Waals surface area contributed by atoms with E-state index in [1.807, 2.05) is 6.92 Å². The fourth-order valence-electron chi connectivity index (χ4n) is 9.82. The van der Waals surface area contributed by atoms with Crippen molar-refractivity contribution in [3.63, 3.8) is 0 Å². The van der Waals surface area contributed by atoms with Gasteiger partial charge in [0.2, 0.25) is 0 Å². The highest BCUT2D eigenvalue weighted by atomic mass is 16.6. The van der Waals surface area contributed by atoms with E-state index in [9.17, 15) is 24.9 Å². The maximum absolute atomic E-state index is 13.7. The van der Waals surface area contributed by atoms with Crippen LogP contribution >= 0.6 is 0 Å². The van der Waals surface area contributed by atoms with Gasteiger partial charge in [0.15, 0.2) is 0 Å². The molecule has 0 aromatic heterocycles. The third-order valence-corrected chi connectivity index (χ3v) is 12.0. The second-order valence-corrected chi connectivity index (χ2v) is 14.4. The van der Waals surface area contributed by atoms with Crippen molar-refractivity contribution >= 4 is 17.9 Å². The molecule has 46 heavy (non-hydrogen) atoms. The SMILES string of the molecule is C=C1C[C@]23C[C@@H]1CC[C@H]2[C@]1(C)CC[C@@H](OC(=O)c2ccc(C#N)cc2)[C@](C)(COC(C)=O)C1C[C@@H]3OC(=O)c1ccc(C#N)cc1. The van der Waals surface area contributed by atoms with Crippen LogP contribution in [0.3, 0.4) is 0 Å². The van der Waals surface area contributed by atoms with Gasteiger partial charge in [0.05, 0.1) is 34.4 Å². The van der Waals surface area contributed by atoms with Crippen LogP contribution in [-0.4, -0.2) is 36.7 Å². The summed E-state index contributed by atoms with van der Waals surface area (Å²) in [4.78, 5) is 39.3. The second kappa shape index (κ2) is 11.7. The van der Waals surface area contributed by atoms with Crippen molar-refractivity contribution in [3.05, 3.63) is 82.9 Å². The summed E-state index contributed by atoms with van der Waals surface area (Å²) in [5, 5.41) is 18.4. The summed E-state index contributed by atoms with van der Waals surface area (Å²) < 4.78 is 18.5. The highest BCUT2D eigenvalue weighted by Crippen LogP contribution is 2.73. The fraction of sp³-hybridized carbons (Fsp3) is 0.500. The van der Waals surface area contributed by atoms with Crippen molar-refractivity contribution in [3.8, 4) is 12.1 Å². The second-order valence-electron chi connectivity index (χ2n) is 14.4. The van der Waals surface area contributed by atoms with Crippen molar-refractivity contribution in [1.29, 1.82) is 10.5 Å². The third-order valence-electron chi connectivity index (χ3n) is 12.0. The van der Waals surface area contributed by atoms with E-state index in [0.717, 1.165) is 32.1 Å². The minimum atomic E-state index is -0.756. The Kier molecular flexibility index (Phi) is 8.05. The van der Waals surface area contributed by atoms with E-state index in [-0.39, 0.29) is 29.3 Å². The Hall–Kier alpha value is -4.43. The number of ether oxygens (including phenoxy) is 3. The van der Waals surface area contributed by atoms with Crippen LogP contribution in [0.25, 0.3) is 0 Å². The molecule has 2 bridgehead atoms. The first kappa shape index (κ1) is 31.5. The van der Waals surface area contributed by atoms with Crippen molar-refractivity contribution in [2.75, 3.05) is 6.61 Å². The Balaban J connectivity index is 1.36. The van der Waals surface area contributed by atoms with Crippen LogP contribution < -0.4 is 0 Å². The molecule has 8 heteroatoms. The number of carbonyl (C=O) groups excluding carboxylic acids is 3. The molecule has 4 saturated carbocycles. The topological polar surface area (TPSA) is 126 Å². The van der Waals surface area contributed by atoms with Crippen molar-refractivity contribution in [1.82, 2.24) is 0 Å². The summed E-state index contributed by atoms with van der Waals surface area (Å²) in [7, 11) is 0. The van der Waals surface area contributed by atoms with Crippen LogP contribution in [0.15, 0.2) is 60.7 Å². The maximum Gasteiger partial charge on any atom is 0.338 e. The molecule has 1 spiro atoms. The highest BCUT2D eigenvalue weighted by Gasteiger charge is 2.70. The van der Waals surface area contributed by atoms with Gasteiger partial charge in [0, 0.05) is 17.8 Å². The zero-order valence-corrected chi connectivity index (χ0v) is 26.7. The summed E-state index contributed by atoms with van der Waals surface area (Å²) in [6, 6.07) is 17.0. The number of benzene rings is 2. The van der Waals surface area contributed by atoms with Gasteiger partial charge in [-0.25, -0.2) is 9.59 Å². The number of nitriles is 2. The Labute approximate surface area is 270 Å². The number of fused-ring (bicyclic) bond motifs is 3. The average molecular weight is 621 g/mol. The minimum absolute atomic E-state index is 0.0687. The van der Waals surface area contributed by atoms with E-state index < -0.39 is 35.5 Å². The van der Waals surface area contributed by atoms with Crippen LogP contribution in [0, 0.1) is 56.7 Å². The molecule has 0 saturated heterocycles. The molecule has 8 atom stereocenters. The smallest absolute Gasteiger partial charge is 0.338 e. The first-order valence-corrected chi connectivity index (χ1v) is 16.2. The lowest BCUT2D eigenvalue weighted by Crippen LogP contribution is -2.66. The van der Waals surface area contributed by atoms with Gasteiger partial charge in [0.1, 0.15) is 18.8 Å². The van der Waals surface area contributed by atoms with Gasteiger partial charge in [-0.3, -0.25) is 4.79 Å². The van der Waals surface area contributed by atoms with Crippen LogP contribution in [0.5, 0.6) is 0 Å². The van der Waals surface area contributed by atoms with Gasteiger partial charge in [-0.2, -0.15) is 10.5 Å². The molecule has 0 radical (unpaired) electrons. The van der Waals surface area contributed by atoms with Crippen molar-refractivity contribution in [2.24, 2.45) is 34.0 Å². The van der Waals surface area contributed by atoms with E-state index in [2.05, 4.69) is 25.6 Å². The summed E-state index contributed by atoms with van der Waals surface area (Å²) in [5.41, 5.74) is 1.71. The Bertz CT molecular complexity index is 1650. The third kappa shape index (κ3) is 5.18. The standard InChI is InChI=1S/C38H40N2O6/c1-23-18-38-19-29(23)13-14-30(38)36(3)16-15-32(45-34(42)27-9-5-25(20-39)6-10-27)37(4,22-44-24(2)41)31(36)17-33(38)46-35(43)28-11-7-26(21-40)8-12-28/h5-12,29-33H,1,13-19,22H2,2-4H3/t29-,30-,31?,32+,33-,36-,37+,38-/m0/s1. The molecule has 2 aromatic rings. The first-order valence-electron chi connectivity index (χ1n) is 16.2. The van der Waals surface area contributed by atoms with E-state index in [1.165, 1.54) is 12.5 Å². The molecule has 0 heterocycles. The number of nitrogens with zero attached hydrogens (tertiary/aromatic N) is 2. The number of esters is 3. The van der Waals surface area contributed by atoms with Gasteiger partial charge in [-0.15, -0.1) is 0 Å². The zero-order valence-electron chi connectivity index (χ0n) is 26.7. The van der Waals surface area contributed by atoms with Gasteiger partial charge < -0.3 is 14.2 Å². The van der Waals surface area contributed by atoms with Crippen LogP contribution in [0.1, 0.15) is 97.6 Å². The molecule has 1 unspecified atom stereocenters. The fourth-order valence-corrected chi connectivity index (χ4v) is 9.82. The number of allylic oxidation sites excluding steroid dienone is 1. The number of hydrogen-bond acceptors (Lipinski definition) is 8. The predicted octanol–water partition coefficient (Wildman–Crippen LogP) is 6.93. The van der Waals surface area contributed by atoms with Gasteiger partial charge in [-0.05, 0) is 117 Å². The lowest BCUT2D eigenvalue weighted by atomic mass is 9.40. The summed E-state index contributed by atoms with van der Waals surface area (Å²) >= 11 is 0. The molecule has 4 fully saturated rings. The van der Waals surface area contributed by atoms with Crippen LogP contribution in [0.4, 0.5) is 0 Å². The molecule has 4 aliphatic rings. The Morgan fingerprint density at radius 3 is 1.96 bits per heavy atom. The van der Waals surface area contributed by atoms with Gasteiger partial charge in [0.25, 0.3) is 0 Å². The first-order chi connectivity index (χ1) is 21.9. The molecular weight excluding hydrogens is 580 g/mol. The van der Waals surface area contributed by atoms with Crippen LogP contribution in [0.2, 0.25) is 0 Å². The molecule has 8 nitrogen and oxygen atoms in total. The van der Waals surface area contributed by atoms with Crippen LogP contribution in [-0.2, 0) is 19.0 Å². The molecular formula is C38H40N2O6. The summed E-state index contributed by atoms with van der Waals surface area (Å²) in [5.74, 6) is -0.770. The van der Waals surface area contributed by atoms with E-state index in [4.69, 9.17) is 14.2 Å². The van der Waals surface area contributed by atoms with Gasteiger partial charge in [-0.1, -0.05) is 26.0 Å². The van der Waals surface area contributed by atoms with E-state index in [1.54, 1.807) is 48.5 Å². The Morgan fingerprint density at radius 1 is 0.848 bits per heavy atom. The lowest BCUT2D eigenvalue weighted by molar-refractivity contribution is -0.232. The minimum Gasteiger partial charge on any atom is -0.465 e. The molecule has 6 rings (SSSR count). The quantitative estimate of drug-likeness (QED) is 0.193. The monoisotopic (exact) mass is 620 g/mol. The largest absolute Gasteiger partial charge is 0.465 e. The molecule has 4 aliphatic carbocycles. The molecule has 0 N–H and O–H groups in total. The van der Waals surface area contributed by atoms with E-state index >= 15 is 0 Å². The molecule has 0 amide bonds. The molecule has 0 aliphatic heterocycles. The average Bonchev–Trinajstić information content (AvgIpc) is 3.30. The normalized spacial score (nSPS) is 34.2. The number of rotatable bonds is 6. The van der Waals surface area contributed by atoms with E-state index in [0.29, 0.717) is 41.0 Å². The van der Waals surface area contributed by atoms with Crippen molar-refractivity contribution in [2.45, 2.75) is 77.9 Å². The summed E-state index contributed by atoms with van der Waals surface area (Å²) in [6.07, 6.45) is 4.78. The lowest BCUT2D eigenvalue weighted by Gasteiger charge is -2.66. The summed E-state index contributed by atoms with van der Waals surface area (Å²) in [6.45, 7) is 10.3. The number of carbonyl (C=O) groups is 3. The predicted molar refractivity (Wildman–Crippen MR) is 168 cm³/mol. The van der Waals surface area contributed by atoms with Crippen molar-refractivity contribution < 1.29 is 28.6 Å². The zero-order chi connectivity index (χ0) is 32.9. The maximum atomic E-state index is 13.7. The highest BCUT2D eigenvalue weighted by molar-refractivity contribution is 5.90. The number of hydrogen-bond donors (Lipinski definition) is 0. The molecule has 2 aromatic carbocycles.